The molecule has 2 atom stereocenters. The Morgan fingerprint density at radius 3 is 1.06 bits per heavy atom. The van der Waals surface area contributed by atoms with Crippen LogP contribution in [0.2, 0.25) is 0 Å². The zero-order chi connectivity index (χ0) is 52.2. The topological polar surface area (TPSA) is 95.9 Å². The number of carbonyl (C=O) groups is 2. The Labute approximate surface area is 449 Å². The van der Waals surface area contributed by atoms with Crippen molar-refractivity contribution >= 4 is 11.9 Å². The number of hydrogen-bond acceptors (Lipinski definition) is 5. The van der Waals surface area contributed by atoms with Crippen LogP contribution in [-0.2, 0) is 14.3 Å². The molecule has 0 aliphatic carbocycles. The lowest BCUT2D eigenvalue weighted by atomic mass is 10.0. The van der Waals surface area contributed by atoms with Crippen LogP contribution in [0.1, 0.15) is 348 Å². The quantitative estimate of drug-likeness (QED) is 0.0320. The third kappa shape index (κ3) is 57.4. The monoisotopic (exact) mass is 1010 g/mol. The summed E-state index contributed by atoms with van der Waals surface area (Å²) in [5.74, 6) is -0.0666. The fraction of sp³-hybridized carbons (Fsp3) is 0.879. The highest BCUT2D eigenvalue weighted by atomic mass is 16.5. The van der Waals surface area contributed by atoms with Crippen molar-refractivity contribution < 1.29 is 24.5 Å². The smallest absolute Gasteiger partial charge is 0.305 e. The average Bonchev–Trinajstić information content (AvgIpc) is 3.38. The molecule has 0 spiro atoms. The molecule has 0 bridgehead atoms. The van der Waals surface area contributed by atoms with Gasteiger partial charge in [0.2, 0.25) is 5.91 Å². The molecule has 0 aliphatic rings. The molecule has 6 heteroatoms. The number of hydrogen-bond donors (Lipinski definition) is 3. The minimum atomic E-state index is -0.851. The lowest BCUT2D eigenvalue weighted by molar-refractivity contribution is -0.143. The van der Waals surface area contributed by atoms with E-state index in [1.165, 1.54) is 263 Å². The van der Waals surface area contributed by atoms with Crippen LogP contribution in [0.15, 0.2) is 36.5 Å². The number of unbranched alkanes of at least 4 members (excludes halogenated alkanes) is 45. The van der Waals surface area contributed by atoms with Gasteiger partial charge in [-0.05, 0) is 64.2 Å². The van der Waals surface area contributed by atoms with Crippen molar-refractivity contribution in [3.8, 4) is 0 Å². The molecule has 0 rings (SSSR count). The fourth-order valence-corrected chi connectivity index (χ4v) is 9.96. The number of rotatable bonds is 60. The predicted molar refractivity (Wildman–Crippen MR) is 315 cm³/mol. The highest BCUT2D eigenvalue weighted by molar-refractivity contribution is 5.76. The second-order valence-corrected chi connectivity index (χ2v) is 22.1. The van der Waals surface area contributed by atoms with E-state index in [0.717, 1.165) is 57.8 Å². The van der Waals surface area contributed by atoms with Gasteiger partial charge in [-0.1, -0.05) is 307 Å². The fourth-order valence-electron chi connectivity index (χ4n) is 9.96. The van der Waals surface area contributed by atoms with Gasteiger partial charge < -0.3 is 20.3 Å². The van der Waals surface area contributed by atoms with E-state index in [1.54, 1.807) is 6.08 Å². The second kappa shape index (κ2) is 61.6. The number of ether oxygens (including phenoxy) is 1. The summed E-state index contributed by atoms with van der Waals surface area (Å²) in [6, 6.07) is -0.635. The Morgan fingerprint density at radius 2 is 0.694 bits per heavy atom. The third-order valence-corrected chi connectivity index (χ3v) is 14.9. The number of esters is 1. The molecule has 0 fully saturated rings. The molecular formula is C66H125NO5. The zero-order valence-electron chi connectivity index (χ0n) is 48.4. The van der Waals surface area contributed by atoms with Crippen LogP contribution in [0.3, 0.4) is 0 Å². The molecular weight excluding hydrogens is 887 g/mol. The van der Waals surface area contributed by atoms with Gasteiger partial charge in [0.25, 0.3) is 0 Å². The first-order valence-corrected chi connectivity index (χ1v) is 32.3. The molecule has 72 heavy (non-hydrogen) atoms. The van der Waals surface area contributed by atoms with Gasteiger partial charge in [-0.3, -0.25) is 9.59 Å². The van der Waals surface area contributed by atoms with Gasteiger partial charge in [0.05, 0.1) is 25.4 Å². The van der Waals surface area contributed by atoms with Crippen molar-refractivity contribution in [1.29, 1.82) is 0 Å². The highest BCUT2D eigenvalue weighted by Crippen LogP contribution is 2.17. The third-order valence-electron chi connectivity index (χ3n) is 14.9. The summed E-state index contributed by atoms with van der Waals surface area (Å²) >= 11 is 0. The molecule has 0 saturated carbocycles. The first-order valence-electron chi connectivity index (χ1n) is 32.3. The molecule has 1 amide bonds. The largest absolute Gasteiger partial charge is 0.466 e. The van der Waals surface area contributed by atoms with Crippen LogP contribution in [0.4, 0.5) is 0 Å². The first kappa shape index (κ1) is 70.1. The molecule has 2 unspecified atom stereocenters. The van der Waals surface area contributed by atoms with Gasteiger partial charge in [-0.25, -0.2) is 0 Å². The van der Waals surface area contributed by atoms with Gasteiger partial charge in [0.15, 0.2) is 0 Å². The highest BCUT2D eigenvalue weighted by Gasteiger charge is 2.18. The Morgan fingerprint density at radius 1 is 0.389 bits per heavy atom. The molecule has 0 aromatic heterocycles. The van der Waals surface area contributed by atoms with Crippen LogP contribution >= 0.6 is 0 Å². The van der Waals surface area contributed by atoms with Gasteiger partial charge in [-0.15, -0.1) is 0 Å². The van der Waals surface area contributed by atoms with E-state index in [1.807, 2.05) is 6.08 Å². The molecule has 0 aromatic carbocycles. The van der Waals surface area contributed by atoms with Crippen molar-refractivity contribution in [2.45, 2.75) is 360 Å². The standard InChI is InChI=1S/C66H125NO5/c1-3-5-7-9-11-13-15-17-19-20-29-32-36-40-44-48-52-56-60-66(71)72-61-57-53-49-45-41-37-33-30-27-25-23-21-22-24-26-28-31-35-39-43-47-51-55-59-65(70)67-63(62-68)64(69)58-54-50-46-42-38-34-18-16-14-12-10-8-6-4-2/h21,23-24,26,54,58,63-64,68-69H,3-20,22,25,27-53,55-57,59-62H2,1-2H3,(H,67,70)/b23-21-,26-24-,58-54+. The number of nitrogens with one attached hydrogen (secondary N) is 1. The lowest BCUT2D eigenvalue weighted by Gasteiger charge is -2.20. The van der Waals surface area contributed by atoms with E-state index in [4.69, 9.17) is 4.74 Å². The predicted octanol–water partition coefficient (Wildman–Crippen LogP) is 20.4. The molecule has 0 saturated heterocycles. The van der Waals surface area contributed by atoms with Crippen LogP contribution in [-0.4, -0.2) is 47.4 Å². The maximum Gasteiger partial charge on any atom is 0.305 e. The number of allylic oxidation sites excluding steroid dienone is 5. The van der Waals surface area contributed by atoms with Gasteiger partial charge in [-0.2, -0.15) is 0 Å². The summed E-state index contributed by atoms with van der Waals surface area (Å²) in [5, 5.41) is 23.1. The van der Waals surface area contributed by atoms with E-state index in [-0.39, 0.29) is 18.5 Å². The Bertz CT molecular complexity index is 1170. The minimum absolute atomic E-state index is 0.0110. The van der Waals surface area contributed by atoms with Gasteiger partial charge >= 0.3 is 5.97 Å². The summed E-state index contributed by atoms with van der Waals surface area (Å²) in [6.45, 7) is 4.91. The molecule has 424 valence electrons. The van der Waals surface area contributed by atoms with E-state index < -0.39 is 12.1 Å². The second-order valence-electron chi connectivity index (χ2n) is 22.1. The summed E-state index contributed by atoms with van der Waals surface area (Å²) in [6.07, 6.45) is 77.6. The number of amides is 1. The van der Waals surface area contributed by atoms with E-state index >= 15 is 0 Å². The molecule has 0 radical (unpaired) electrons. The average molecular weight is 1010 g/mol. The van der Waals surface area contributed by atoms with E-state index in [2.05, 4.69) is 43.5 Å². The Balaban J connectivity index is 3.44. The Kier molecular flexibility index (Phi) is 60.0. The zero-order valence-corrected chi connectivity index (χ0v) is 48.4. The Hall–Kier alpha value is -1.92. The maximum atomic E-state index is 12.5. The number of aliphatic hydroxyl groups excluding tert-OH is 2. The molecule has 6 nitrogen and oxygen atoms in total. The van der Waals surface area contributed by atoms with Crippen LogP contribution in [0.25, 0.3) is 0 Å². The van der Waals surface area contributed by atoms with Crippen molar-refractivity contribution in [1.82, 2.24) is 5.32 Å². The van der Waals surface area contributed by atoms with Crippen molar-refractivity contribution in [2.24, 2.45) is 0 Å². The van der Waals surface area contributed by atoms with Gasteiger partial charge in [0.1, 0.15) is 0 Å². The van der Waals surface area contributed by atoms with Crippen LogP contribution in [0.5, 0.6) is 0 Å². The first-order chi connectivity index (χ1) is 35.5. The lowest BCUT2D eigenvalue weighted by Crippen LogP contribution is -2.45. The van der Waals surface area contributed by atoms with E-state index in [9.17, 15) is 19.8 Å². The molecule has 0 heterocycles. The summed E-state index contributed by atoms with van der Waals surface area (Å²) in [7, 11) is 0. The van der Waals surface area contributed by atoms with Gasteiger partial charge in [0, 0.05) is 12.8 Å². The number of carbonyl (C=O) groups excluding carboxylic acids is 2. The summed E-state index contributed by atoms with van der Waals surface area (Å²) < 4.78 is 5.50. The van der Waals surface area contributed by atoms with Crippen LogP contribution < -0.4 is 5.32 Å². The maximum absolute atomic E-state index is 12.5. The summed E-state index contributed by atoms with van der Waals surface area (Å²) in [4.78, 5) is 24.5. The molecule has 0 aromatic rings. The number of aliphatic hydroxyl groups is 2. The van der Waals surface area contributed by atoms with E-state index in [0.29, 0.717) is 19.4 Å². The normalized spacial score (nSPS) is 12.8. The van der Waals surface area contributed by atoms with Crippen molar-refractivity contribution in [2.75, 3.05) is 13.2 Å². The summed E-state index contributed by atoms with van der Waals surface area (Å²) in [5.41, 5.74) is 0. The molecule has 3 N–H and O–H groups in total. The minimum Gasteiger partial charge on any atom is -0.466 e. The SMILES string of the molecule is CCCCCCCCCCCCCC/C=C/C(O)C(CO)NC(=O)CCCCCCCCC/C=C\C/C=C\CCCCCCCCCCCOC(=O)CCCCCCCCCCCCCCCCCCCC. The van der Waals surface area contributed by atoms with Crippen molar-refractivity contribution in [3.05, 3.63) is 36.5 Å². The van der Waals surface area contributed by atoms with Crippen molar-refractivity contribution in [3.63, 3.8) is 0 Å². The van der Waals surface area contributed by atoms with Crippen LogP contribution in [0, 0.1) is 0 Å². The molecule has 0 aliphatic heterocycles.